The van der Waals surface area contributed by atoms with E-state index in [2.05, 4.69) is 15.5 Å². The monoisotopic (exact) mass is 245 g/mol. The summed E-state index contributed by atoms with van der Waals surface area (Å²) in [5, 5.41) is 10.8. The lowest BCUT2D eigenvalue weighted by atomic mass is 10.2. The van der Waals surface area contributed by atoms with Gasteiger partial charge in [0.25, 0.3) is 0 Å². The second-order valence-electron chi connectivity index (χ2n) is 3.87. The van der Waals surface area contributed by atoms with Gasteiger partial charge in [-0.05, 0) is 30.7 Å². The zero-order chi connectivity index (χ0) is 13.0. The lowest BCUT2D eigenvalue weighted by Gasteiger charge is -2.10. The van der Waals surface area contributed by atoms with E-state index in [-0.39, 0.29) is 5.91 Å². The third-order valence-electron chi connectivity index (χ3n) is 2.56. The second kappa shape index (κ2) is 5.42. The fourth-order valence-corrected chi connectivity index (χ4v) is 1.45. The van der Waals surface area contributed by atoms with E-state index in [4.69, 9.17) is 5.73 Å². The normalized spacial score (nSPS) is 12.1. The minimum Gasteiger partial charge on any atom is -0.325 e. The maximum Gasteiger partial charge on any atom is 0.241 e. The molecule has 1 amide bonds. The zero-order valence-corrected chi connectivity index (χ0v) is 10.1. The third kappa shape index (κ3) is 2.72. The summed E-state index contributed by atoms with van der Waals surface area (Å²) in [5.74, 6) is -0.178. The number of carbonyl (C=O) groups is 1. The van der Waals surface area contributed by atoms with Crippen LogP contribution in [-0.2, 0) is 4.79 Å². The molecule has 0 saturated heterocycles. The number of anilines is 1. The van der Waals surface area contributed by atoms with Crippen molar-refractivity contribution in [2.45, 2.75) is 19.4 Å². The SMILES string of the molecule is CC[C@H](N)C(=O)Nc1ccc(-n2nccn2)cc1. The van der Waals surface area contributed by atoms with Crippen LogP contribution in [0.25, 0.3) is 5.69 Å². The molecule has 0 aliphatic carbocycles. The van der Waals surface area contributed by atoms with Crippen molar-refractivity contribution in [1.82, 2.24) is 15.0 Å². The Hall–Kier alpha value is -2.21. The summed E-state index contributed by atoms with van der Waals surface area (Å²) in [4.78, 5) is 13.1. The van der Waals surface area contributed by atoms with Crippen molar-refractivity contribution in [2.75, 3.05) is 5.32 Å². The highest BCUT2D eigenvalue weighted by molar-refractivity contribution is 5.94. The van der Waals surface area contributed by atoms with Gasteiger partial charge in [-0.25, -0.2) is 0 Å². The minimum atomic E-state index is -0.475. The first kappa shape index (κ1) is 12.3. The summed E-state index contributed by atoms with van der Waals surface area (Å²) in [5.41, 5.74) is 7.17. The summed E-state index contributed by atoms with van der Waals surface area (Å²) < 4.78 is 0. The van der Waals surface area contributed by atoms with Crippen LogP contribution < -0.4 is 11.1 Å². The van der Waals surface area contributed by atoms with Crippen molar-refractivity contribution >= 4 is 11.6 Å². The fraction of sp³-hybridized carbons (Fsp3) is 0.250. The third-order valence-corrected chi connectivity index (χ3v) is 2.56. The molecule has 2 rings (SSSR count). The molecule has 3 N–H and O–H groups in total. The minimum absolute atomic E-state index is 0.178. The Morgan fingerprint density at radius 3 is 2.50 bits per heavy atom. The average molecular weight is 245 g/mol. The number of hydrogen-bond donors (Lipinski definition) is 2. The van der Waals surface area contributed by atoms with Gasteiger partial charge in [0.1, 0.15) is 0 Å². The van der Waals surface area contributed by atoms with E-state index in [1.165, 1.54) is 4.80 Å². The molecule has 0 aliphatic rings. The summed E-state index contributed by atoms with van der Waals surface area (Å²) >= 11 is 0. The molecule has 0 bridgehead atoms. The van der Waals surface area contributed by atoms with Gasteiger partial charge in [-0.3, -0.25) is 4.79 Å². The van der Waals surface area contributed by atoms with Crippen molar-refractivity contribution in [2.24, 2.45) is 5.73 Å². The van der Waals surface area contributed by atoms with E-state index in [0.717, 1.165) is 5.69 Å². The maximum absolute atomic E-state index is 11.6. The van der Waals surface area contributed by atoms with E-state index in [0.29, 0.717) is 12.1 Å². The van der Waals surface area contributed by atoms with Crippen LogP contribution in [0.4, 0.5) is 5.69 Å². The van der Waals surface area contributed by atoms with Crippen LogP contribution in [0.1, 0.15) is 13.3 Å². The quantitative estimate of drug-likeness (QED) is 0.839. The Bertz CT molecular complexity index is 506. The highest BCUT2D eigenvalue weighted by atomic mass is 16.2. The lowest BCUT2D eigenvalue weighted by Crippen LogP contribution is -2.34. The highest BCUT2D eigenvalue weighted by Gasteiger charge is 2.10. The predicted molar refractivity (Wildman–Crippen MR) is 68.3 cm³/mol. The lowest BCUT2D eigenvalue weighted by molar-refractivity contribution is -0.117. The van der Waals surface area contributed by atoms with Gasteiger partial charge in [-0.1, -0.05) is 6.92 Å². The highest BCUT2D eigenvalue weighted by Crippen LogP contribution is 2.12. The Morgan fingerprint density at radius 1 is 1.33 bits per heavy atom. The van der Waals surface area contributed by atoms with Gasteiger partial charge in [0.05, 0.1) is 24.1 Å². The smallest absolute Gasteiger partial charge is 0.241 e. The molecule has 1 aromatic heterocycles. The van der Waals surface area contributed by atoms with E-state index in [1.54, 1.807) is 24.5 Å². The number of nitrogens with two attached hydrogens (primary N) is 1. The van der Waals surface area contributed by atoms with Crippen LogP contribution >= 0.6 is 0 Å². The number of rotatable bonds is 4. The Kier molecular flexibility index (Phi) is 3.69. The Balaban J connectivity index is 2.06. The molecule has 0 aliphatic heterocycles. The number of aromatic nitrogens is 3. The molecule has 1 atom stereocenters. The largest absolute Gasteiger partial charge is 0.325 e. The molecule has 6 heteroatoms. The number of carbonyl (C=O) groups excluding carboxylic acids is 1. The molecule has 2 aromatic rings. The van der Waals surface area contributed by atoms with Crippen molar-refractivity contribution in [3.63, 3.8) is 0 Å². The van der Waals surface area contributed by atoms with E-state index < -0.39 is 6.04 Å². The summed E-state index contributed by atoms with van der Waals surface area (Å²) in [6.07, 6.45) is 3.83. The van der Waals surface area contributed by atoms with E-state index in [1.807, 2.05) is 19.1 Å². The Labute approximate surface area is 105 Å². The van der Waals surface area contributed by atoms with Crippen LogP contribution in [0.3, 0.4) is 0 Å². The van der Waals surface area contributed by atoms with Gasteiger partial charge in [0.2, 0.25) is 5.91 Å². The number of amides is 1. The van der Waals surface area contributed by atoms with Gasteiger partial charge in [0.15, 0.2) is 0 Å². The average Bonchev–Trinajstić information content (AvgIpc) is 2.92. The molecule has 1 aromatic carbocycles. The molecular formula is C12H15N5O. The first-order chi connectivity index (χ1) is 8.70. The van der Waals surface area contributed by atoms with Gasteiger partial charge < -0.3 is 11.1 Å². The number of hydrogen-bond acceptors (Lipinski definition) is 4. The molecule has 18 heavy (non-hydrogen) atoms. The first-order valence-corrected chi connectivity index (χ1v) is 5.74. The molecular weight excluding hydrogens is 230 g/mol. The fourth-order valence-electron chi connectivity index (χ4n) is 1.45. The first-order valence-electron chi connectivity index (χ1n) is 5.74. The molecule has 0 spiro atoms. The van der Waals surface area contributed by atoms with Gasteiger partial charge in [0, 0.05) is 5.69 Å². The molecule has 1 heterocycles. The van der Waals surface area contributed by atoms with Crippen molar-refractivity contribution in [3.8, 4) is 5.69 Å². The summed E-state index contributed by atoms with van der Waals surface area (Å²) in [6.45, 7) is 1.87. The topological polar surface area (TPSA) is 85.8 Å². The second-order valence-corrected chi connectivity index (χ2v) is 3.87. The van der Waals surface area contributed by atoms with Gasteiger partial charge in [-0.2, -0.15) is 15.0 Å². The summed E-state index contributed by atoms with van der Waals surface area (Å²) in [7, 11) is 0. The molecule has 0 unspecified atom stereocenters. The van der Waals surface area contributed by atoms with Crippen molar-refractivity contribution < 1.29 is 4.79 Å². The van der Waals surface area contributed by atoms with Crippen molar-refractivity contribution in [1.29, 1.82) is 0 Å². The molecule has 6 nitrogen and oxygen atoms in total. The van der Waals surface area contributed by atoms with Crippen LogP contribution in [0.5, 0.6) is 0 Å². The van der Waals surface area contributed by atoms with Crippen molar-refractivity contribution in [3.05, 3.63) is 36.7 Å². The van der Waals surface area contributed by atoms with Crippen LogP contribution in [-0.4, -0.2) is 26.9 Å². The number of benzene rings is 1. The molecule has 94 valence electrons. The molecule has 0 radical (unpaired) electrons. The standard InChI is InChI=1S/C12H15N5O/c1-2-11(13)12(18)16-9-3-5-10(6-4-9)17-14-7-8-15-17/h3-8,11H,2,13H2,1H3,(H,16,18)/t11-/m0/s1. The Morgan fingerprint density at radius 2 is 1.94 bits per heavy atom. The molecule has 0 fully saturated rings. The van der Waals surface area contributed by atoms with Crippen LogP contribution in [0.15, 0.2) is 36.7 Å². The zero-order valence-electron chi connectivity index (χ0n) is 10.1. The van der Waals surface area contributed by atoms with Crippen LogP contribution in [0, 0.1) is 0 Å². The van der Waals surface area contributed by atoms with E-state index in [9.17, 15) is 4.79 Å². The van der Waals surface area contributed by atoms with Crippen LogP contribution in [0.2, 0.25) is 0 Å². The van der Waals surface area contributed by atoms with E-state index >= 15 is 0 Å². The predicted octanol–water partition coefficient (Wildman–Crippen LogP) is 0.943. The van der Waals surface area contributed by atoms with Gasteiger partial charge in [-0.15, -0.1) is 0 Å². The van der Waals surface area contributed by atoms with Gasteiger partial charge >= 0.3 is 0 Å². The maximum atomic E-state index is 11.6. The number of nitrogens with one attached hydrogen (secondary N) is 1. The number of nitrogens with zero attached hydrogens (tertiary/aromatic N) is 3. The summed E-state index contributed by atoms with van der Waals surface area (Å²) in [6, 6.07) is 6.76. The molecule has 0 saturated carbocycles.